The molecule has 0 radical (unpaired) electrons. The number of rotatable bonds is 10. The van der Waals surface area contributed by atoms with Crippen LogP contribution in [0.4, 0.5) is 0 Å². The van der Waals surface area contributed by atoms with Gasteiger partial charge in [0.2, 0.25) is 0 Å². The number of ether oxygens (including phenoxy) is 1. The summed E-state index contributed by atoms with van der Waals surface area (Å²) in [6.45, 7) is 6.00. The minimum Gasteiger partial charge on any atom is -0.463 e. The number of halogens is 1. The number of aryl methyl sites for hydroxylation is 1. The van der Waals surface area contributed by atoms with Crippen molar-refractivity contribution in [2.45, 2.75) is 51.9 Å². The minimum atomic E-state index is -0.250. The Bertz CT molecular complexity index is 437. The highest BCUT2D eigenvalue weighted by atomic mass is 35.5. The molecule has 0 aliphatic rings. The van der Waals surface area contributed by atoms with Crippen molar-refractivity contribution in [2.75, 3.05) is 6.61 Å². The molecule has 0 saturated heterocycles. The Morgan fingerprint density at radius 1 is 1.10 bits per heavy atom. The van der Waals surface area contributed by atoms with E-state index in [4.69, 9.17) is 16.3 Å². The maximum absolute atomic E-state index is 11.4. The normalized spacial score (nSPS) is 10.4. The van der Waals surface area contributed by atoms with Gasteiger partial charge in [0, 0.05) is 10.6 Å². The van der Waals surface area contributed by atoms with E-state index in [9.17, 15) is 4.79 Å². The zero-order valence-electron chi connectivity index (χ0n) is 12.9. The van der Waals surface area contributed by atoms with Gasteiger partial charge in [0.1, 0.15) is 0 Å². The number of carbonyl (C=O) groups excluding carboxylic acids is 1. The molecular formula is C18H25ClO2. The van der Waals surface area contributed by atoms with Crippen molar-refractivity contribution in [3.8, 4) is 0 Å². The summed E-state index contributed by atoms with van der Waals surface area (Å²) in [5, 5.41) is 0.792. The van der Waals surface area contributed by atoms with Gasteiger partial charge in [-0.05, 0) is 50.3 Å². The third kappa shape index (κ3) is 7.91. The standard InChI is InChI=1S/C18H25ClO2/c1-3-21-18(20)15(2)9-7-5-4-6-8-10-16-11-13-17(19)14-12-16/h11-14H,2-10H2,1H3. The van der Waals surface area contributed by atoms with E-state index >= 15 is 0 Å². The molecule has 0 fully saturated rings. The van der Waals surface area contributed by atoms with Crippen LogP contribution in [0.25, 0.3) is 0 Å². The molecule has 0 aromatic heterocycles. The van der Waals surface area contributed by atoms with E-state index in [2.05, 4.69) is 18.7 Å². The van der Waals surface area contributed by atoms with Crippen LogP contribution in [-0.4, -0.2) is 12.6 Å². The van der Waals surface area contributed by atoms with Crippen molar-refractivity contribution in [1.82, 2.24) is 0 Å². The van der Waals surface area contributed by atoms with Crippen LogP contribution in [-0.2, 0) is 16.0 Å². The summed E-state index contributed by atoms with van der Waals surface area (Å²) < 4.78 is 4.91. The zero-order chi connectivity index (χ0) is 15.5. The summed E-state index contributed by atoms with van der Waals surface area (Å²) in [7, 11) is 0. The van der Waals surface area contributed by atoms with Gasteiger partial charge in [-0.2, -0.15) is 0 Å². The van der Waals surface area contributed by atoms with Crippen LogP contribution < -0.4 is 0 Å². The summed E-state index contributed by atoms with van der Waals surface area (Å²) in [4.78, 5) is 11.4. The van der Waals surface area contributed by atoms with Gasteiger partial charge >= 0.3 is 5.97 Å². The second-order valence-corrected chi connectivity index (χ2v) is 5.65. The molecule has 0 saturated carbocycles. The monoisotopic (exact) mass is 308 g/mol. The molecule has 0 heterocycles. The van der Waals surface area contributed by atoms with E-state index in [0.29, 0.717) is 12.2 Å². The number of hydrogen-bond acceptors (Lipinski definition) is 2. The van der Waals surface area contributed by atoms with Crippen LogP contribution in [0.3, 0.4) is 0 Å². The largest absolute Gasteiger partial charge is 0.463 e. The van der Waals surface area contributed by atoms with Crippen LogP contribution >= 0.6 is 11.6 Å². The quantitative estimate of drug-likeness (QED) is 0.331. The van der Waals surface area contributed by atoms with Crippen molar-refractivity contribution < 1.29 is 9.53 Å². The molecule has 0 bridgehead atoms. The third-order valence-corrected chi connectivity index (χ3v) is 3.67. The number of benzene rings is 1. The number of hydrogen-bond donors (Lipinski definition) is 0. The van der Waals surface area contributed by atoms with E-state index in [-0.39, 0.29) is 5.97 Å². The van der Waals surface area contributed by atoms with Gasteiger partial charge < -0.3 is 4.74 Å². The summed E-state index contributed by atoms with van der Waals surface area (Å²) in [6, 6.07) is 8.06. The lowest BCUT2D eigenvalue weighted by Gasteiger charge is -2.05. The lowest BCUT2D eigenvalue weighted by atomic mass is 10.0. The number of esters is 1. The molecule has 116 valence electrons. The number of carbonyl (C=O) groups is 1. The fourth-order valence-electron chi connectivity index (χ4n) is 2.18. The molecule has 0 amide bonds. The Morgan fingerprint density at radius 2 is 1.71 bits per heavy atom. The van der Waals surface area contributed by atoms with E-state index in [1.165, 1.54) is 24.8 Å². The Kier molecular flexibility index (Phi) is 8.84. The van der Waals surface area contributed by atoms with Crippen molar-refractivity contribution in [1.29, 1.82) is 0 Å². The molecule has 21 heavy (non-hydrogen) atoms. The van der Waals surface area contributed by atoms with E-state index in [0.717, 1.165) is 30.7 Å². The average molecular weight is 309 g/mol. The van der Waals surface area contributed by atoms with Gasteiger partial charge in [0.25, 0.3) is 0 Å². The van der Waals surface area contributed by atoms with Gasteiger partial charge in [0.05, 0.1) is 6.61 Å². The highest BCUT2D eigenvalue weighted by Gasteiger charge is 2.06. The highest BCUT2D eigenvalue weighted by molar-refractivity contribution is 6.30. The van der Waals surface area contributed by atoms with Crippen LogP contribution in [0.15, 0.2) is 36.4 Å². The molecule has 0 aliphatic carbocycles. The highest BCUT2D eigenvalue weighted by Crippen LogP contribution is 2.14. The first-order chi connectivity index (χ1) is 10.1. The minimum absolute atomic E-state index is 0.250. The van der Waals surface area contributed by atoms with Gasteiger partial charge in [-0.3, -0.25) is 0 Å². The maximum Gasteiger partial charge on any atom is 0.333 e. The fourth-order valence-corrected chi connectivity index (χ4v) is 2.31. The average Bonchev–Trinajstić information content (AvgIpc) is 2.48. The predicted molar refractivity (Wildman–Crippen MR) is 88.6 cm³/mol. The molecule has 0 N–H and O–H groups in total. The molecule has 0 unspecified atom stereocenters. The smallest absolute Gasteiger partial charge is 0.333 e. The Balaban J connectivity index is 2.01. The summed E-state index contributed by atoms with van der Waals surface area (Å²) in [6.07, 6.45) is 7.61. The summed E-state index contributed by atoms with van der Waals surface area (Å²) in [5.41, 5.74) is 1.94. The van der Waals surface area contributed by atoms with Crippen LogP contribution in [0.5, 0.6) is 0 Å². The first-order valence-electron chi connectivity index (χ1n) is 7.73. The predicted octanol–water partition coefficient (Wildman–Crippen LogP) is 5.34. The number of unbranched alkanes of at least 4 members (excludes halogenated alkanes) is 4. The van der Waals surface area contributed by atoms with E-state index in [1.54, 1.807) is 0 Å². The Labute approximate surface area is 133 Å². The molecule has 3 heteroatoms. The Morgan fingerprint density at radius 3 is 2.38 bits per heavy atom. The molecule has 0 spiro atoms. The van der Waals surface area contributed by atoms with E-state index in [1.807, 2.05) is 19.1 Å². The van der Waals surface area contributed by atoms with Crippen molar-refractivity contribution in [3.05, 3.63) is 47.0 Å². The first kappa shape index (κ1) is 17.8. The SMILES string of the molecule is C=C(CCCCCCCc1ccc(Cl)cc1)C(=O)OCC. The second kappa shape index (κ2) is 10.4. The van der Waals surface area contributed by atoms with Gasteiger partial charge in [-0.25, -0.2) is 4.79 Å². The molecular weight excluding hydrogens is 284 g/mol. The summed E-state index contributed by atoms with van der Waals surface area (Å²) in [5.74, 6) is -0.250. The topological polar surface area (TPSA) is 26.3 Å². The molecule has 0 atom stereocenters. The van der Waals surface area contributed by atoms with Crippen molar-refractivity contribution in [3.63, 3.8) is 0 Å². The van der Waals surface area contributed by atoms with Crippen LogP contribution in [0, 0.1) is 0 Å². The third-order valence-electron chi connectivity index (χ3n) is 3.42. The lowest BCUT2D eigenvalue weighted by molar-refractivity contribution is -0.138. The zero-order valence-corrected chi connectivity index (χ0v) is 13.6. The molecule has 2 nitrogen and oxygen atoms in total. The van der Waals surface area contributed by atoms with Crippen molar-refractivity contribution >= 4 is 17.6 Å². The van der Waals surface area contributed by atoms with Gasteiger partial charge in [-0.1, -0.05) is 49.6 Å². The molecule has 1 aromatic carbocycles. The first-order valence-corrected chi connectivity index (χ1v) is 8.10. The Hall–Kier alpha value is -1.28. The molecule has 0 aliphatic heterocycles. The lowest BCUT2D eigenvalue weighted by Crippen LogP contribution is -2.06. The van der Waals surface area contributed by atoms with Gasteiger partial charge in [-0.15, -0.1) is 0 Å². The molecule has 1 aromatic rings. The van der Waals surface area contributed by atoms with Crippen LogP contribution in [0.2, 0.25) is 5.02 Å². The fraction of sp³-hybridized carbons (Fsp3) is 0.500. The second-order valence-electron chi connectivity index (χ2n) is 5.22. The van der Waals surface area contributed by atoms with Crippen LogP contribution in [0.1, 0.15) is 51.0 Å². The molecule has 1 rings (SSSR count). The van der Waals surface area contributed by atoms with Crippen molar-refractivity contribution in [2.24, 2.45) is 0 Å². The van der Waals surface area contributed by atoms with Gasteiger partial charge in [0.15, 0.2) is 0 Å². The van der Waals surface area contributed by atoms with E-state index < -0.39 is 0 Å². The summed E-state index contributed by atoms with van der Waals surface area (Å²) >= 11 is 5.86. The maximum atomic E-state index is 11.4.